The molecule has 0 atom stereocenters. The maximum atomic E-state index is 5.31. The molecule has 0 saturated heterocycles. The Labute approximate surface area is 118 Å². The molecule has 6 nitrogen and oxygen atoms in total. The zero-order chi connectivity index (χ0) is 14.4. The monoisotopic (exact) mass is 273 g/mol. The van der Waals surface area contributed by atoms with Crippen LogP contribution in [0.15, 0.2) is 24.4 Å². The van der Waals surface area contributed by atoms with E-state index >= 15 is 0 Å². The van der Waals surface area contributed by atoms with Gasteiger partial charge in [0.15, 0.2) is 5.82 Å². The third-order valence-electron chi connectivity index (χ3n) is 2.72. The Bertz CT molecular complexity index is 573. The molecule has 2 aromatic rings. The van der Waals surface area contributed by atoms with E-state index in [9.17, 15) is 0 Å². The fraction of sp³-hybridized carbons (Fsp3) is 0.357. The van der Waals surface area contributed by atoms with Gasteiger partial charge in [0, 0.05) is 6.54 Å². The Morgan fingerprint density at radius 1 is 1.30 bits per heavy atom. The summed E-state index contributed by atoms with van der Waals surface area (Å²) in [5, 5.41) is 14.2. The molecule has 2 N–H and O–H groups in total. The first-order valence-corrected chi connectivity index (χ1v) is 6.58. The number of nitrogens with one attached hydrogen (secondary N) is 2. The smallest absolute Gasteiger partial charge is 0.249 e. The van der Waals surface area contributed by atoms with Gasteiger partial charge < -0.3 is 15.4 Å². The molecule has 6 heteroatoms. The summed E-state index contributed by atoms with van der Waals surface area (Å²) >= 11 is 0. The van der Waals surface area contributed by atoms with E-state index in [4.69, 9.17) is 4.74 Å². The number of benzene rings is 1. The van der Waals surface area contributed by atoms with Gasteiger partial charge in [0.2, 0.25) is 5.95 Å². The summed E-state index contributed by atoms with van der Waals surface area (Å²) in [5.74, 6) is 1.89. The van der Waals surface area contributed by atoms with Crippen LogP contribution in [0.5, 0.6) is 5.75 Å². The average Bonchev–Trinajstić information content (AvgIpc) is 2.46. The van der Waals surface area contributed by atoms with E-state index in [0.717, 1.165) is 30.0 Å². The van der Waals surface area contributed by atoms with Gasteiger partial charge in [-0.2, -0.15) is 10.1 Å². The summed E-state index contributed by atoms with van der Waals surface area (Å²) in [7, 11) is 1.63. The van der Waals surface area contributed by atoms with E-state index in [-0.39, 0.29) is 0 Å². The van der Waals surface area contributed by atoms with Crippen LogP contribution in [-0.4, -0.2) is 28.8 Å². The van der Waals surface area contributed by atoms with Crippen molar-refractivity contribution < 1.29 is 4.74 Å². The molecular weight excluding hydrogens is 254 g/mol. The molecule has 0 unspecified atom stereocenters. The number of ether oxygens (including phenoxy) is 1. The number of aryl methyl sites for hydroxylation is 1. The maximum Gasteiger partial charge on any atom is 0.249 e. The van der Waals surface area contributed by atoms with Crippen LogP contribution in [0.2, 0.25) is 0 Å². The maximum absolute atomic E-state index is 5.31. The molecule has 106 valence electrons. The van der Waals surface area contributed by atoms with Crippen molar-refractivity contribution in [2.24, 2.45) is 0 Å². The lowest BCUT2D eigenvalue weighted by atomic mass is 10.2. The van der Waals surface area contributed by atoms with Crippen LogP contribution in [0.1, 0.15) is 18.9 Å². The highest BCUT2D eigenvalue weighted by Crippen LogP contribution is 2.27. The quantitative estimate of drug-likeness (QED) is 0.843. The van der Waals surface area contributed by atoms with Crippen molar-refractivity contribution in [3.63, 3.8) is 0 Å². The van der Waals surface area contributed by atoms with Gasteiger partial charge in [-0.1, -0.05) is 13.0 Å². The summed E-state index contributed by atoms with van der Waals surface area (Å²) in [4.78, 5) is 4.36. The first-order valence-electron chi connectivity index (χ1n) is 6.58. The second-order valence-corrected chi connectivity index (χ2v) is 4.42. The lowest BCUT2D eigenvalue weighted by Crippen LogP contribution is -2.06. The van der Waals surface area contributed by atoms with Crippen LogP contribution in [0.25, 0.3) is 0 Å². The molecule has 20 heavy (non-hydrogen) atoms. The van der Waals surface area contributed by atoms with E-state index in [2.05, 4.69) is 32.7 Å². The van der Waals surface area contributed by atoms with Crippen molar-refractivity contribution >= 4 is 17.5 Å². The molecule has 0 radical (unpaired) electrons. The van der Waals surface area contributed by atoms with Crippen molar-refractivity contribution in [2.45, 2.75) is 20.3 Å². The predicted octanol–water partition coefficient (Wildman–Crippen LogP) is 2.75. The van der Waals surface area contributed by atoms with Crippen LogP contribution in [0.3, 0.4) is 0 Å². The normalized spacial score (nSPS) is 10.2. The Morgan fingerprint density at radius 2 is 2.15 bits per heavy atom. The van der Waals surface area contributed by atoms with Gasteiger partial charge in [-0.25, -0.2) is 0 Å². The third-order valence-corrected chi connectivity index (χ3v) is 2.72. The van der Waals surface area contributed by atoms with Gasteiger partial charge >= 0.3 is 0 Å². The number of aromatic nitrogens is 3. The number of methoxy groups -OCH3 is 1. The van der Waals surface area contributed by atoms with Crippen molar-refractivity contribution in [2.75, 3.05) is 24.3 Å². The molecule has 0 aliphatic carbocycles. The first kappa shape index (κ1) is 14.0. The molecule has 0 spiro atoms. The largest absolute Gasteiger partial charge is 0.495 e. The van der Waals surface area contributed by atoms with Crippen molar-refractivity contribution in [3.8, 4) is 5.75 Å². The lowest BCUT2D eigenvalue weighted by Gasteiger charge is -2.11. The molecule has 0 amide bonds. The number of hydrogen-bond donors (Lipinski definition) is 2. The molecule has 1 aromatic heterocycles. The van der Waals surface area contributed by atoms with E-state index in [1.807, 2.05) is 25.1 Å². The van der Waals surface area contributed by atoms with E-state index < -0.39 is 0 Å². The van der Waals surface area contributed by atoms with E-state index in [0.29, 0.717) is 11.8 Å². The zero-order valence-corrected chi connectivity index (χ0v) is 12.0. The van der Waals surface area contributed by atoms with Gasteiger partial charge in [0.05, 0.1) is 19.0 Å². The van der Waals surface area contributed by atoms with Gasteiger partial charge in [0.25, 0.3) is 0 Å². The predicted molar refractivity (Wildman–Crippen MR) is 79.6 cm³/mol. The standard InChI is InChI=1S/C14H19N5O/c1-4-7-15-13-9-16-19-14(18-13)17-11-8-10(2)5-6-12(11)20-3/h5-6,8-9H,4,7H2,1-3H3,(H2,15,17,18,19). The molecule has 2 rings (SSSR count). The minimum atomic E-state index is 0.440. The van der Waals surface area contributed by atoms with Crippen molar-refractivity contribution in [1.29, 1.82) is 0 Å². The highest BCUT2D eigenvalue weighted by atomic mass is 16.5. The van der Waals surface area contributed by atoms with Crippen LogP contribution >= 0.6 is 0 Å². The Hall–Kier alpha value is -2.37. The Balaban J connectivity index is 2.19. The molecule has 0 fully saturated rings. The molecule has 1 heterocycles. The Morgan fingerprint density at radius 3 is 2.90 bits per heavy atom. The third kappa shape index (κ3) is 3.57. The molecule has 0 saturated carbocycles. The fourth-order valence-corrected chi connectivity index (χ4v) is 1.73. The molecule has 0 bridgehead atoms. The summed E-state index contributed by atoms with van der Waals surface area (Å²) in [6.45, 7) is 4.97. The number of rotatable bonds is 6. The summed E-state index contributed by atoms with van der Waals surface area (Å²) in [5.41, 5.74) is 1.95. The number of hydrogen-bond acceptors (Lipinski definition) is 6. The molecular formula is C14H19N5O. The van der Waals surface area contributed by atoms with Gasteiger partial charge in [-0.15, -0.1) is 5.10 Å². The second kappa shape index (κ2) is 6.70. The van der Waals surface area contributed by atoms with Crippen LogP contribution in [0.4, 0.5) is 17.5 Å². The first-order chi connectivity index (χ1) is 9.72. The molecule has 0 aliphatic heterocycles. The number of nitrogens with zero attached hydrogens (tertiary/aromatic N) is 3. The highest BCUT2D eigenvalue weighted by molar-refractivity contribution is 5.63. The van der Waals surface area contributed by atoms with Crippen molar-refractivity contribution in [3.05, 3.63) is 30.0 Å². The molecule has 1 aromatic carbocycles. The van der Waals surface area contributed by atoms with Crippen molar-refractivity contribution in [1.82, 2.24) is 15.2 Å². The van der Waals surface area contributed by atoms with Gasteiger partial charge in [0.1, 0.15) is 5.75 Å². The summed E-state index contributed by atoms with van der Waals surface area (Å²) in [6.07, 6.45) is 2.63. The summed E-state index contributed by atoms with van der Waals surface area (Å²) < 4.78 is 5.31. The van der Waals surface area contributed by atoms with E-state index in [1.54, 1.807) is 13.3 Å². The van der Waals surface area contributed by atoms with Crippen LogP contribution < -0.4 is 15.4 Å². The fourth-order valence-electron chi connectivity index (χ4n) is 1.73. The van der Waals surface area contributed by atoms with Crippen LogP contribution in [0, 0.1) is 6.92 Å². The van der Waals surface area contributed by atoms with Crippen LogP contribution in [-0.2, 0) is 0 Å². The SMILES string of the molecule is CCCNc1cnnc(Nc2cc(C)ccc2OC)n1. The topological polar surface area (TPSA) is 72.0 Å². The van der Waals surface area contributed by atoms with Gasteiger partial charge in [-0.05, 0) is 31.0 Å². The average molecular weight is 273 g/mol. The zero-order valence-electron chi connectivity index (χ0n) is 12.0. The highest BCUT2D eigenvalue weighted by Gasteiger charge is 2.06. The minimum Gasteiger partial charge on any atom is -0.495 e. The van der Waals surface area contributed by atoms with E-state index in [1.165, 1.54) is 0 Å². The Kier molecular flexibility index (Phi) is 4.70. The summed E-state index contributed by atoms with van der Waals surface area (Å²) in [6, 6.07) is 5.88. The second-order valence-electron chi connectivity index (χ2n) is 4.42. The minimum absolute atomic E-state index is 0.440. The lowest BCUT2D eigenvalue weighted by molar-refractivity contribution is 0.416. The molecule has 0 aliphatic rings. The number of anilines is 3. The van der Waals surface area contributed by atoms with Gasteiger partial charge in [-0.3, -0.25) is 0 Å².